The van der Waals surface area contributed by atoms with E-state index in [4.69, 9.17) is 0 Å². The fourth-order valence-electron chi connectivity index (χ4n) is 2.14. The first-order valence-electron chi connectivity index (χ1n) is 6.11. The number of aromatic nitrogens is 3. The van der Waals surface area contributed by atoms with Crippen LogP contribution in [0, 0.1) is 6.92 Å². The average Bonchev–Trinajstić information content (AvgIpc) is 2.73. The number of aromatic amines is 1. The van der Waals surface area contributed by atoms with E-state index in [2.05, 4.69) is 26.0 Å². The molecule has 0 unspecified atom stereocenters. The highest BCUT2D eigenvalue weighted by molar-refractivity contribution is 9.10. The van der Waals surface area contributed by atoms with E-state index in [1.807, 2.05) is 30.3 Å². The summed E-state index contributed by atoms with van der Waals surface area (Å²) >= 11 is 3.35. The lowest BCUT2D eigenvalue weighted by Crippen LogP contribution is -2.16. The Balaban J connectivity index is 2.19. The number of aryl methyl sites for hydroxylation is 1. The predicted molar refractivity (Wildman–Crippen MR) is 79.2 cm³/mol. The summed E-state index contributed by atoms with van der Waals surface area (Å²) in [5, 5.41) is 14.5. The Morgan fingerprint density at radius 2 is 2.05 bits per heavy atom. The number of nitrogens with zero attached hydrogens (tertiary/aromatic N) is 2. The van der Waals surface area contributed by atoms with E-state index in [0.29, 0.717) is 27.8 Å². The van der Waals surface area contributed by atoms with Gasteiger partial charge in [0.15, 0.2) is 5.65 Å². The average molecular weight is 334 g/mol. The summed E-state index contributed by atoms with van der Waals surface area (Å²) < 4.78 is 2.02. The first-order chi connectivity index (χ1) is 9.58. The Hall–Kier alpha value is -2.08. The molecule has 2 N–H and O–H groups in total. The number of H-pyrrole nitrogens is 1. The minimum Gasteiger partial charge on any atom is -0.493 e. The molecule has 5 nitrogen and oxygen atoms in total. The number of hydrogen-bond acceptors (Lipinski definition) is 3. The Bertz CT molecular complexity index is 837. The zero-order chi connectivity index (χ0) is 14.3. The number of hydrogen-bond donors (Lipinski definition) is 2. The van der Waals surface area contributed by atoms with Crippen molar-refractivity contribution in [3.63, 3.8) is 0 Å². The fraction of sp³-hybridized carbons (Fsp3) is 0.143. The van der Waals surface area contributed by atoms with Gasteiger partial charge in [-0.1, -0.05) is 30.3 Å². The summed E-state index contributed by atoms with van der Waals surface area (Å²) in [4.78, 5) is 14.9. The van der Waals surface area contributed by atoms with Gasteiger partial charge in [-0.2, -0.15) is 9.61 Å². The van der Waals surface area contributed by atoms with Crippen LogP contribution in [0.3, 0.4) is 0 Å². The maximum atomic E-state index is 12.1. The monoisotopic (exact) mass is 333 g/mol. The van der Waals surface area contributed by atoms with E-state index < -0.39 is 0 Å². The van der Waals surface area contributed by atoms with Gasteiger partial charge in [-0.05, 0) is 28.4 Å². The van der Waals surface area contributed by atoms with Crippen LogP contribution in [0.5, 0.6) is 5.88 Å². The van der Waals surface area contributed by atoms with Crippen molar-refractivity contribution in [3.8, 4) is 5.88 Å². The highest BCUT2D eigenvalue weighted by Gasteiger charge is 2.16. The first kappa shape index (κ1) is 12.9. The minimum absolute atomic E-state index is 0.124. The highest BCUT2D eigenvalue weighted by atomic mass is 79.9. The molecule has 0 saturated carbocycles. The van der Waals surface area contributed by atoms with Gasteiger partial charge < -0.3 is 10.1 Å². The molecule has 0 aliphatic rings. The van der Waals surface area contributed by atoms with Crippen molar-refractivity contribution in [1.82, 2.24) is 14.6 Å². The summed E-state index contributed by atoms with van der Waals surface area (Å²) in [6, 6.07) is 9.52. The molecule has 0 bridgehead atoms. The van der Waals surface area contributed by atoms with Crippen LogP contribution in [0.2, 0.25) is 0 Å². The summed E-state index contributed by atoms with van der Waals surface area (Å²) in [5.74, 6) is -0.124. The Morgan fingerprint density at radius 1 is 1.35 bits per heavy atom. The molecule has 0 amide bonds. The second-order valence-electron chi connectivity index (χ2n) is 4.58. The smallest absolute Gasteiger partial charge is 0.258 e. The van der Waals surface area contributed by atoms with Crippen LogP contribution < -0.4 is 5.56 Å². The SMILES string of the molecule is Cc1nn2c(O)c(Cc3ccccc3)c(=O)[nH]c2c1Br. The third kappa shape index (κ3) is 2.02. The van der Waals surface area contributed by atoms with Gasteiger partial charge >= 0.3 is 0 Å². The van der Waals surface area contributed by atoms with Gasteiger partial charge in [-0.25, -0.2) is 0 Å². The van der Waals surface area contributed by atoms with E-state index in [-0.39, 0.29) is 11.4 Å². The second-order valence-corrected chi connectivity index (χ2v) is 5.37. The lowest BCUT2D eigenvalue weighted by atomic mass is 10.1. The molecule has 102 valence electrons. The molecular weight excluding hydrogens is 322 g/mol. The van der Waals surface area contributed by atoms with Crippen LogP contribution in [0.1, 0.15) is 16.8 Å². The van der Waals surface area contributed by atoms with Crippen LogP contribution in [-0.2, 0) is 6.42 Å². The van der Waals surface area contributed by atoms with Crippen LogP contribution in [0.15, 0.2) is 39.6 Å². The molecule has 3 aromatic rings. The Kier molecular flexibility index (Phi) is 3.10. The normalized spacial score (nSPS) is 11.1. The molecule has 1 aromatic carbocycles. The van der Waals surface area contributed by atoms with Gasteiger partial charge in [0, 0.05) is 6.42 Å². The maximum Gasteiger partial charge on any atom is 0.258 e. The lowest BCUT2D eigenvalue weighted by Gasteiger charge is -2.05. The summed E-state index contributed by atoms with van der Waals surface area (Å²) in [6.07, 6.45) is 0.356. The molecule has 3 rings (SSSR count). The number of benzene rings is 1. The number of fused-ring (bicyclic) bond motifs is 1. The van der Waals surface area contributed by atoms with Crippen molar-refractivity contribution >= 4 is 21.6 Å². The van der Waals surface area contributed by atoms with Crippen LogP contribution in [0.25, 0.3) is 5.65 Å². The van der Waals surface area contributed by atoms with E-state index in [0.717, 1.165) is 5.56 Å². The molecule has 0 atom stereocenters. The molecule has 0 radical (unpaired) electrons. The highest BCUT2D eigenvalue weighted by Crippen LogP contribution is 2.24. The molecule has 6 heteroatoms. The first-order valence-corrected chi connectivity index (χ1v) is 6.90. The molecule has 20 heavy (non-hydrogen) atoms. The topological polar surface area (TPSA) is 70.4 Å². The maximum absolute atomic E-state index is 12.1. The molecular formula is C14H12BrN3O2. The van der Waals surface area contributed by atoms with E-state index in [1.54, 1.807) is 6.92 Å². The number of halogens is 1. The van der Waals surface area contributed by atoms with Gasteiger partial charge in [0.2, 0.25) is 5.88 Å². The molecule has 2 aromatic heterocycles. The molecule has 0 aliphatic heterocycles. The molecule has 0 fully saturated rings. The van der Waals surface area contributed by atoms with Crippen molar-refractivity contribution in [1.29, 1.82) is 0 Å². The quantitative estimate of drug-likeness (QED) is 0.756. The van der Waals surface area contributed by atoms with E-state index >= 15 is 0 Å². The molecule has 0 saturated heterocycles. The van der Waals surface area contributed by atoms with E-state index in [9.17, 15) is 9.90 Å². The van der Waals surface area contributed by atoms with Crippen LogP contribution in [0.4, 0.5) is 0 Å². The zero-order valence-electron chi connectivity index (χ0n) is 10.7. The van der Waals surface area contributed by atoms with Gasteiger partial charge in [0.25, 0.3) is 5.56 Å². The van der Waals surface area contributed by atoms with Crippen molar-refractivity contribution < 1.29 is 5.11 Å². The van der Waals surface area contributed by atoms with Gasteiger partial charge in [-0.15, -0.1) is 0 Å². The number of aromatic hydroxyl groups is 1. The third-order valence-corrected chi connectivity index (χ3v) is 4.14. The Morgan fingerprint density at radius 3 is 2.75 bits per heavy atom. The largest absolute Gasteiger partial charge is 0.493 e. The predicted octanol–water partition coefficient (Wildman–Crippen LogP) is 2.39. The van der Waals surface area contributed by atoms with Crippen molar-refractivity contribution in [3.05, 3.63) is 62.0 Å². The lowest BCUT2D eigenvalue weighted by molar-refractivity contribution is 0.427. The standard InChI is InChI=1S/C14H12BrN3O2/c1-8-11(15)12-16-13(19)10(14(20)18(12)17-8)7-9-5-3-2-4-6-9/h2-6,20H,7H2,1H3,(H,16,19). The molecule has 0 spiro atoms. The van der Waals surface area contributed by atoms with E-state index in [1.165, 1.54) is 4.52 Å². The summed E-state index contributed by atoms with van der Waals surface area (Å²) in [6.45, 7) is 1.80. The zero-order valence-corrected chi connectivity index (χ0v) is 12.3. The minimum atomic E-state index is -0.306. The molecule has 2 heterocycles. The second kappa shape index (κ2) is 4.79. The number of rotatable bonds is 2. The molecule has 0 aliphatic carbocycles. The van der Waals surface area contributed by atoms with Crippen molar-refractivity contribution in [2.45, 2.75) is 13.3 Å². The van der Waals surface area contributed by atoms with Gasteiger partial charge in [-0.3, -0.25) is 4.79 Å². The van der Waals surface area contributed by atoms with Crippen LogP contribution >= 0.6 is 15.9 Å². The van der Waals surface area contributed by atoms with Gasteiger partial charge in [0.1, 0.15) is 0 Å². The number of nitrogens with one attached hydrogen (secondary N) is 1. The van der Waals surface area contributed by atoms with Crippen molar-refractivity contribution in [2.24, 2.45) is 0 Å². The fourth-order valence-corrected chi connectivity index (χ4v) is 2.49. The Labute approximate surface area is 123 Å². The summed E-state index contributed by atoms with van der Waals surface area (Å²) in [7, 11) is 0. The summed E-state index contributed by atoms with van der Waals surface area (Å²) in [5.41, 5.74) is 2.11. The third-order valence-electron chi connectivity index (χ3n) is 3.19. The van der Waals surface area contributed by atoms with Crippen molar-refractivity contribution in [2.75, 3.05) is 0 Å². The van der Waals surface area contributed by atoms with Crippen LogP contribution in [-0.4, -0.2) is 19.7 Å². The van der Waals surface area contributed by atoms with Gasteiger partial charge in [0.05, 0.1) is 15.7 Å².